The van der Waals surface area contributed by atoms with Gasteiger partial charge >= 0.3 is 0 Å². The number of nitrogens with one attached hydrogen (secondary N) is 3. The Balaban J connectivity index is 1.99. The Kier molecular flexibility index (Phi) is 6.77. The number of hydrogen-bond acceptors (Lipinski definition) is 6. The number of carbonyl (C=O) groups excluding carboxylic acids is 2. The van der Waals surface area contributed by atoms with Gasteiger partial charge < -0.3 is 20.8 Å². The Labute approximate surface area is 185 Å². The fourth-order valence-electron chi connectivity index (χ4n) is 3.71. The molecule has 9 N–H and O–H groups in total. The highest BCUT2D eigenvalue weighted by atomic mass is 16.3. The van der Waals surface area contributed by atoms with Crippen molar-refractivity contribution < 1.29 is 30.2 Å². The third kappa shape index (κ3) is 4.56. The van der Waals surface area contributed by atoms with Crippen LogP contribution in [0.25, 0.3) is 0 Å². The minimum atomic E-state index is -0.533. The number of hydrogen-bond donors (Lipinski definition) is 7. The Hall–Kier alpha value is -3.88. The highest BCUT2D eigenvalue weighted by Crippen LogP contribution is 2.42. The van der Waals surface area contributed by atoms with Crippen LogP contribution in [0, 0.1) is 0 Å². The van der Waals surface area contributed by atoms with E-state index in [1.807, 2.05) is 6.92 Å². The summed E-state index contributed by atoms with van der Waals surface area (Å²) in [5.41, 5.74) is 7.15. The third-order valence-corrected chi connectivity index (χ3v) is 5.18. The largest absolute Gasteiger partial charge is 0.507 e. The van der Waals surface area contributed by atoms with Crippen LogP contribution in [-0.2, 0) is 0 Å². The van der Waals surface area contributed by atoms with Crippen molar-refractivity contribution in [1.82, 2.24) is 0 Å². The molecule has 0 amide bonds. The second kappa shape index (κ2) is 9.51. The Morgan fingerprint density at radius 3 is 1.88 bits per heavy atom. The van der Waals surface area contributed by atoms with Crippen molar-refractivity contribution in [2.75, 3.05) is 30.3 Å². The first-order valence-corrected chi connectivity index (χ1v) is 10.4. The van der Waals surface area contributed by atoms with Crippen molar-refractivity contribution in [2.45, 2.75) is 26.7 Å². The molecule has 0 radical (unpaired) electrons. The number of rotatable bonds is 9. The smallest absolute Gasteiger partial charge is 0.237 e. The van der Waals surface area contributed by atoms with Crippen molar-refractivity contribution in [3.8, 4) is 11.5 Å². The van der Waals surface area contributed by atoms with Crippen LogP contribution in [-0.4, -0.2) is 53.0 Å². The highest BCUT2D eigenvalue weighted by molar-refractivity contribution is 6.33. The van der Waals surface area contributed by atoms with Gasteiger partial charge in [0.25, 0.3) is 0 Å². The summed E-state index contributed by atoms with van der Waals surface area (Å²) in [4.78, 5) is 29.8. The van der Waals surface area contributed by atoms with Gasteiger partial charge in [-0.25, -0.2) is 0 Å². The molecule has 32 heavy (non-hydrogen) atoms. The normalized spacial score (nSPS) is 12.9. The van der Waals surface area contributed by atoms with Gasteiger partial charge in [0.1, 0.15) is 17.2 Å². The Morgan fingerprint density at radius 1 is 0.906 bits per heavy atom. The number of aromatic hydroxyl groups is 2. The number of fused-ring (bicyclic) bond motifs is 2. The van der Waals surface area contributed by atoms with Gasteiger partial charge in [-0.05, 0) is 30.7 Å². The van der Waals surface area contributed by atoms with Crippen molar-refractivity contribution in [3.05, 3.63) is 46.5 Å². The molecule has 0 aromatic heterocycles. The molecule has 0 heterocycles. The predicted molar refractivity (Wildman–Crippen MR) is 123 cm³/mol. The SMILES string of the molecule is CC(=[NH2+])CCCNc1ccc(O)c2c1C(=O)c1c(O)ccc(NCC[NH+]=C(C)N)c1C2=O. The van der Waals surface area contributed by atoms with Crippen molar-refractivity contribution in [2.24, 2.45) is 5.73 Å². The first-order valence-electron chi connectivity index (χ1n) is 10.4. The molecule has 0 atom stereocenters. The minimum absolute atomic E-state index is 0.0387. The lowest BCUT2D eigenvalue weighted by atomic mass is 9.81. The van der Waals surface area contributed by atoms with Crippen LogP contribution in [0.15, 0.2) is 24.3 Å². The summed E-state index contributed by atoms with van der Waals surface area (Å²) in [6.45, 7) is 5.01. The number of amidine groups is 1. The van der Waals surface area contributed by atoms with E-state index >= 15 is 0 Å². The van der Waals surface area contributed by atoms with Crippen molar-refractivity contribution >= 4 is 34.5 Å². The van der Waals surface area contributed by atoms with E-state index in [4.69, 9.17) is 11.1 Å². The second-order valence-corrected chi connectivity index (χ2v) is 7.84. The van der Waals surface area contributed by atoms with E-state index in [0.29, 0.717) is 36.8 Å². The molecule has 1 aliphatic carbocycles. The van der Waals surface area contributed by atoms with Crippen molar-refractivity contribution in [3.63, 3.8) is 0 Å². The molecule has 0 bridgehead atoms. The zero-order chi connectivity index (χ0) is 23.4. The van der Waals surface area contributed by atoms with Gasteiger partial charge in [0, 0.05) is 38.2 Å². The summed E-state index contributed by atoms with van der Waals surface area (Å²) in [7, 11) is 0. The van der Waals surface area contributed by atoms with E-state index < -0.39 is 11.6 Å². The third-order valence-electron chi connectivity index (χ3n) is 5.18. The number of anilines is 2. The molecular formula is C23H29N5O4+2. The summed E-state index contributed by atoms with van der Waals surface area (Å²) >= 11 is 0. The van der Waals surface area contributed by atoms with Crippen LogP contribution < -0.4 is 26.8 Å². The van der Waals surface area contributed by atoms with E-state index in [1.165, 1.54) is 18.2 Å². The average Bonchev–Trinajstić information content (AvgIpc) is 2.73. The molecule has 3 rings (SSSR count). The zero-order valence-electron chi connectivity index (χ0n) is 18.2. The van der Waals surface area contributed by atoms with Crippen LogP contribution in [0.3, 0.4) is 0 Å². The number of nitrogens with two attached hydrogens (primary N) is 2. The summed E-state index contributed by atoms with van der Waals surface area (Å²) in [5.74, 6) is -1.08. The van der Waals surface area contributed by atoms with Crippen LogP contribution in [0.1, 0.15) is 58.5 Å². The van der Waals surface area contributed by atoms with Crippen LogP contribution in [0.4, 0.5) is 11.4 Å². The quantitative estimate of drug-likeness (QED) is 0.0988. The number of carbonyl (C=O) groups is 2. The molecule has 0 spiro atoms. The Morgan fingerprint density at radius 2 is 1.41 bits per heavy atom. The number of benzene rings is 2. The molecule has 0 aliphatic heterocycles. The number of phenolic OH excluding ortho intramolecular Hbond substituents is 2. The van der Waals surface area contributed by atoms with E-state index in [0.717, 1.165) is 18.6 Å². The summed E-state index contributed by atoms with van der Waals surface area (Å²) in [6, 6.07) is 5.85. The van der Waals surface area contributed by atoms with Gasteiger partial charge in [0.05, 0.1) is 35.3 Å². The van der Waals surface area contributed by atoms with Crippen LogP contribution >= 0.6 is 0 Å². The first kappa shape index (κ1) is 22.8. The highest BCUT2D eigenvalue weighted by Gasteiger charge is 2.37. The maximum Gasteiger partial charge on any atom is 0.237 e. The van der Waals surface area contributed by atoms with Gasteiger partial charge in [-0.2, -0.15) is 0 Å². The second-order valence-electron chi connectivity index (χ2n) is 7.84. The zero-order valence-corrected chi connectivity index (χ0v) is 18.2. The van der Waals surface area contributed by atoms with Crippen LogP contribution in [0.2, 0.25) is 0 Å². The minimum Gasteiger partial charge on any atom is -0.507 e. The average molecular weight is 440 g/mol. The lowest BCUT2D eigenvalue weighted by Gasteiger charge is -2.24. The maximum atomic E-state index is 13.4. The lowest BCUT2D eigenvalue weighted by Crippen LogP contribution is -2.76. The van der Waals surface area contributed by atoms with Gasteiger partial charge in [0.15, 0.2) is 0 Å². The number of ketones is 2. The fraction of sp³-hybridized carbons (Fsp3) is 0.304. The summed E-state index contributed by atoms with van der Waals surface area (Å²) in [5, 5.41) is 32.8. The molecule has 9 nitrogen and oxygen atoms in total. The standard InChI is InChI=1S/C23H27N5O4/c1-12(24)4-3-9-27-14-5-7-16(29)20-18(14)22(31)21-17(30)8-6-15(19(21)23(20)32)28-11-10-26-13(2)25/h5-8,24,27-30H,3-4,9-11H2,1-2H3,(H2,25,26)/p+2. The molecule has 9 heteroatoms. The molecule has 0 fully saturated rings. The van der Waals surface area contributed by atoms with Crippen molar-refractivity contribution in [1.29, 1.82) is 0 Å². The Bertz CT molecular complexity index is 1120. The lowest BCUT2D eigenvalue weighted by molar-refractivity contribution is -0.454. The summed E-state index contributed by atoms with van der Waals surface area (Å²) in [6.07, 6.45) is 1.46. The van der Waals surface area contributed by atoms with Gasteiger partial charge in [0.2, 0.25) is 17.4 Å². The molecule has 0 saturated carbocycles. The maximum absolute atomic E-state index is 13.4. The fourth-order valence-corrected chi connectivity index (χ4v) is 3.71. The molecule has 0 unspecified atom stereocenters. The van der Waals surface area contributed by atoms with Crippen LogP contribution in [0.5, 0.6) is 11.5 Å². The first-order chi connectivity index (χ1) is 15.2. The van der Waals surface area contributed by atoms with E-state index in [1.54, 1.807) is 13.0 Å². The topological polar surface area (TPSA) is 164 Å². The van der Waals surface area contributed by atoms with Gasteiger partial charge in [-0.3, -0.25) is 25.7 Å². The molecule has 168 valence electrons. The van der Waals surface area contributed by atoms with E-state index in [2.05, 4.69) is 15.6 Å². The monoisotopic (exact) mass is 439 g/mol. The molecule has 0 saturated heterocycles. The molecule has 2 aromatic rings. The van der Waals surface area contributed by atoms with E-state index in [9.17, 15) is 19.8 Å². The van der Waals surface area contributed by atoms with E-state index in [-0.39, 0.29) is 33.8 Å². The summed E-state index contributed by atoms with van der Waals surface area (Å²) < 4.78 is 0. The molecule has 2 aromatic carbocycles. The number of phenols is 2. The van der Waals surface area contributed by atoms with Gasteiger partial charge in [-0.1, -0.05) is 0 Å². The predicted octanol–water partition coefficient (Wildman–Crippen LogP) is -0.845. The molecular weight excluding hydrogens is 410 g/mol. The van der Waals surface area contributed by atoms with Gasteiger partial charge in [-0.15, -0.1) is 0 Å². The molecule has 1 aliphatic rings.